The Kier molecular flexibility index (Phi) is 6.99. The number of aliphatic hydroxyl groups excluding tert-OH is 1. The molecule has 6 rings (SSSR count). The molecule has 0 spiro atoms. The topological polar surface area (TPSA) is 93.7 Å². The van der Waals surface area contributed by atoms with Crippen molar-refractivity contribution >= 4 is 54.4 Å². The number of benzene rings is 3. The van der Waals surface area contributed by atoms with Crippen LogP contribution in [0, 0.1) is 6.92 Å². The van der Waals surface area contributed by atoms with Gasteiger partial charge < -0.3 is 20.1 Å². The van der Waals surface area contributed by atoms with Crippen LogP contribution < -0.4 is 10.1 Å². The Morgan fingerprint density at radius 2 is 1.82 bits per heavy atom. The monoisotopic (exact) mass is 529 g/mol. The van der Waals surface area contributed by atoms with Crippen molar-refractivity contribution in [3.63, 3.8) is 0 Å². The molecular weight excluding hydrogens is 498 g/mol. The van der Waals surface area contributed by atoms with Crippen LogP contribution in [-0.2, 0) is 4.79 Å². The van der Waals surface area contributed by atoms with Gasteiger partial charge in [-0.3, -0.25) is 14.6 Å². The Morgan fingerprint density at radius 1 is 1.05 bits per heavy atom. The zero-order valence-electron chi connectivity index (χ0n) is 21.3. The molecule has 1 amide bonds. The van der Waals surface area contributed by atoms with Crippen LogP contribution in [0.2, 0.25) is 0 Å². The van der Waals surface area contributed by atoms with Crippen molar-refractivity contribution in [2.24, 2.45) is 0 Å². The Balaban J connectivity index is 0.973. The van der Waals surface area contributed by atoms with Crippen molar-refractivity contribution in [2.45, 2.75) is 13.0 Å². The molecule has 9 heteroatoms. The van der Waals surface area contributed by atoms with Crippen LogP contribution in [0.15, 0.2) is 60.7 Å². The highest BCUT2D eigenvalue weighted by Gasteiger charge is 2.22. The number of hydrogen-bond acceptors (Lipinski definition) is 7. The minimum atomic E-state index is -0.604. The average molecular weight is 530 g/mol. The molecule has 3 N–H and O–H groups in total. The van der Waals surface area contributed by atoms with Gasteiger partial charge in [-0.2, -0.15) is 0 Å². The standard InChI is InChI=1S/C29H31N5O3S/c1-19-6-4-11-25-28(19)32-29(38-25)31-26(36)17-34-14-12-33(13-15-34)16-20(35)18-37-24-10-5-9-23-27(24)21-7-2-3-8-22(21)30-23/h2-11,20,30,35H,12-18H2,1H3,(H,31,32,36). The highest BCUT2D eigenvalue weighted by molar-refractivity contribution is 7.22. The predicted molar refractivity (Wildman–Crippen MR) is 153 cm³/mol. The van der Waals surface area contributed by atoms with Gasteiger partial charge in [0.2, 0.25) is 5.91 Å². The van der Waals surface area contributed by atoms with Crippen molar-refractivity contribution in [3.05, 3.63) is 66.2 Å². The fraction of sp³-hybridized carbons (Fsp3) is 0.310. The lowest BCUT2D eigenvalue weighted by Gasteiger charge is -2.35. The lowest BCUT2D eigenvalue weighted by Crippen LogP contribution is -2.50. The Bertz CT molecular complexity index is 1590. The first-order valence-electron chi connectivity index (χ1n) is 12.9. The van der Waals surface area contributed by atoms with Gasteiger partial charge in [0.1, 0.15) is 18.5 Å². The first-order valence-corrected chi connectivity index (χ1v) is 13.8. The molecule has 8 nitrogen and oxygen atoms in total. The normalized spacial score (nSPS) is 15.8. The number of piperazine rings is 1. The second-order valence-corrected chi connectivity index (χ2v) is 10.9. The highest BCUT2D eigenvalue weighted by Crippen LogP contribution is 2.33. The Labute approximate surface area is 224 Å². The van der Waals surface area contributed by atoms with E-state index in [1.54, 1.807) is 0 Å². The maximum Gasteiger partial charge on any atom is 0.240 e. The third kappa shape index (κ3) is 5.23. The molecule has 0 radical (unpaired) electrons. The first-order chi connectivity index (χ1) is 18.5. The highest BCUT2D eigenvalue weighted by atomic mass is 32.1. The van der Waals surface area contributed by atoms with Crippen molar-refractivity contribution in [2.75, 3.05) is 51.2 Å². The minimum absolute atomic E-state index is 0.0462. The largest absolute Gasteiger partial charge is 0.490 e. The molecule has 0 bridgehead atoms. The number of nitrogens with one attached hydrogen (secondary N) is 2. The summed E-state index contributed by atoms with van der Waals surface area (Å²) in [7, 11) is 0. The fourth-order valence-electron chi connectivity index (χ4n) is 5.16. The van der Waals surface area contributed by atoms with Gasteiger partial charge in [0.25, 0.3) is 0 Å². The maximum absolute atomic E-state index is 12.6. The van der Waals surface area contributed by atoms with Crippen LogP contribution in [0.4, 0.5) is 5.13 Å². The molecule has 3 heterocycles. The second-order valence-electron chi connectivity index (χ2n) is 9.88. The molecule has 1 atom stereocenters. The minimum Gasteiger partial charge on any atom is -0.490 e. The lowest BCUT2D eigenvalue weighted by atomic mass is 10.1. The van der Waals surface area contributed by atoms with E-state index in [0.29, 0.717) is 18.2 Å². The van der Waals surface area contributed by atoms with E-state index in [1.165, 1.54) is 11.3 Å². The van der Waals surface area contributed by atoms with E-state index in [0.717, 1.165) is 69.5 Å². The van der Waals surface area contributed by atoms with Crippen LogP contribution in [0.25, 0.3) is 32.0 Å². The first kappa shape index (κ1) is 24.8. The van der Waals surface area contributed by atoms with Crippen molar-refractivity contribution in [1.29, 1.82) is 0 Å². The molecule has 0 aliphatic carbocycles. The smallest absolute Gasteiger partial charge is 0.240 e. The third-order valence-corrected chi connectivity index (χ3v) is 8.03. The molecule has 0 saturated carbocycles. The van der Waals surface area contributed by atoms with E-state index in [9.17, 15) is 9.90 Å². The second kappa shape index (κ2) is 10.7. The molecular formula is C29H31N5O3S. The van der Waals surface area contributed by atoms with E-state index >= 15 is 0 Å². The zero-order valence-corrected chi connectivity index (χ0v) is 22.1. The molecule has 5 aromatic rings. The van der Waals surface area contributed by atoms with Crippen molar-refractivity contribution in [3.8, 4) is 5.75 Å². The number of aliphatic hydroxyl groups is 1. The summed E-state index contributed by atoms with van der Waals surface area (Å²) < 4.78 is 7.16. The van der Waals surface area contributed by atoms with E-state index < -0.39 is 6.10 Å². The van der Waals surface area contributed by atoms with Gasteiger partial charge in [0.15, 0.2) is 5.13 Å². The number of para-hydroxylation sites is 2. The number of amides is 1. The molecule has 1 fully saturated rings. The van der Waals surface area contributed by atoms with Gasteiger partial charge in [0, 0.05) is 49.0 Å². The number of ether oxygens (including phenoxy) is 1. The number of aryl methyl sites for hydroxylation is 1. The lowest BCUT2D eigenvalue weighted by molar-refractivity contribution is -0.117. The molecule has 2 aromatic heterocycles. The summed E-state index contributed by atoms with van der Waals surface area (Å²) in [5, 5.41) is 16.5. The zero-order chi connectivity index (χ0) is 26.1. The number of nitrogens with zero attached hydrogens (tertiary/aromatic N) is 3. The molecule has 3 aromatic carbocycles. The number of thiazole rings is 1. The van der Waals surface area contributed by atoms with E-state index in [-0.39, 0.29) is 12.5 Å². The van der Waals surface area contributed by atoms with Crippen molar-refractivity contribution in [1.82, 2.24) is 19.8 Å². The summed E-state index contributed by atoms with van der Waals surface area (Å²) in [5.41, 5.74) is 4.15. The summed E-state index contributed by atoms with van der Waals surface area (Å²) in [6.45, 7) is 6.26. The summed E-state index contributed by atoms with van der Waals surface area (Å²) in [5.74, 6) is 0.730. The summed E-state index contributed by atoms with van der Waals surface area (Å²) in [6.07, 6.45) is -0.604. The van der Waals surface area contributed by atoms with Gasteiger partial charge in [-0.15, -0.1) is 0 Å². The quantitative estimate of drug-likeness (QED) is 0.279. The van der Waals surface area contributed by atoms with Gasteiger partial charge in [-0.05, 0) is 36.8 Å². The van der Waals surface area contributed by atoms with E-state index in [1.807, 2.05) is 55.5 Å². The van der Waals surface area contributed by atoms with Crippen LogP contribution in [0.1, 0.15) is 5.56 Å². The van der Waals surface area contributed by atoms with Crippen molar-refractivity contribution < 1.29 is 14.6 Å². The number of carbonyl (C=O) groups excluding carboxylic acids is 1. The fourth-order valence-corrected chi connectivity index (χ4v) is 6.12. The number of aromatic nitrogens is 2. The molecule has 1 saturated heterocycles. The number of carbonyl (C=O) groups is 1. The molecule has 38 heavy (non-hydrogen) atoms. The maximum atomic E-state index is 12.6. The number of hydrogen-bond donors (Lipinski definition) is 3. The van der Waals surface area contributed by atoms with Gasteiger partial charge in [-0.25, -0.2) is 4.98 Å². The number of fused-ring (bicyclic) bond motifs is 4. The summed E-state index contributed by atoms with van der Waals surface area (Å²) in [4.78, 5) is 25.0. The molecule has 196 valence electrons. The Hall–Kier alpha value is -3.50. The molecule has 1 unspecified atom stereocenters. The predicted octanol–water partition coefficient (Wildman–Crippen LogP) is 4.24. The summed E-state index contributed by atoms with van der Waals surface area (Å²) in [6, 6.07) is 20.2. The van der Waals surface area contributed by atoms with Gasteiger partial charge in [0.05, 0.1) is 22.3 Å². The summed E-state index contributed by atoms with van der Waals surface area (Å²) >= 11 is 1.50. The van der Waals surface area contributed by atoms with E-state index in [2.05, 4.69) is 37.2 Å². The third-order valence-electron chi connectivity index (χ3n) is 7.09. The van der Waals surface area contributed by atoms with E-state index in [4.69, 9.17) is 4.74 Å². The molecule has 1 aliphatic heterocycles. The van der Waals surface area contributed by atoms with Crippen LogP contribution >= 0.6 is 11.3 Å². The number of rotatable bonds is 8. The number of anilines is 1. The Morgan fingerprint density at radius 3 is 2.66 bits per heavy atom. The van der Waals surface area contributed by atoms with Crippen LogP contribution in [-0.4, -0.2) is 82.8 Å². The number of H-pyrrole nitrogens is 1. The van der Waals surface area contributed by atoms with Gasteiger partial charge in [-0.1, -0.05) is 47.7 Å². The number of β-amino-alcohol motifs (C(OH)–C–C–N with tert-alkyl or cyclic N) is 1. The van der Waals surface area contributed by atoms with Crippen LogP contribution in [0.3, 0.4) is 0 Å². The van der Waals surface area contributed by atoms with Crippen LogP contribution in [0.5, 0.6) is 5.75 Å². The number of aromatic amines is 1. The molecule has 1 aliphatic rings. The SMILES string of the molecule is Cc1cccc2sc(NC(=O)CN3CCN(CC(O)COc4cccc5[nH]c6ccccc6c45)CC3)nc12. The average Bonchev–Trinajstić information content (AvgIpc) is 3.50. The van der Waals surface area contributed by atoms with Gasteiger partial charge >= 0.3 is 0 Å².